The molecule has 0 N–H and O–H groups in total. The standard InChI is InChI=1S/C25H23N5O2S/c1-17-26-22-15-19(9-10-23(22)33-17)32-30-13-11-29(12-14-30)16-24-27-25(31-28-24)21-8-4-6-18-5-2-3-7-20(18)21/h2-10,15H,11-14,16H2,1H3. The summed E-state index contributed by atoms with van der Waals surface area (Å²) in [5.41, 5.74) is 1.96. The highest BCUT2D eigenvalue weighted by atomic mass is 32.1. The Kier molecular flexibility index (Phi) is 5.26. The lowest BCUT2D eigenvalue weighted by Gasteiger charge is -2.33. The van der Waals surface area contributed by atoms with Gasteiger partial charge in [-0.1, -0.05) is 41.6 Å². The van der Waals surface area contributed by atoms with E-state index in [1.807, 2.05) is 48.4 Å². The van der Waals surface area contributed by atoms with Crippen LogP contribution in [-0.2, 0) is 6.54 Å². The average Bonchev–Trinajstić information content (AvgIpc) is 3.45. The maximum Gasteiger partial charge on any atom is 0.258 e. The fraction of sp³-hybridized carbons (Fsp3) is 0.240. The number of hydrogen-bond donors (Lipinski definition) is 0. The molecule has 7 nitrogen and oxygen atoms in total. The summed E-state index contributed by atoms with van der Waals surface area (Å²) in [5, 5.41) is 9.59. The first-order chi connectivity index (χ1) is 16.2. The predicted molar refractivity (Wildman–Crippen MR) is 129 cm³/mol. The van der Waals surface area contributed by atoms with E-state index in [9.17, 15) is 0 Å². The largest absolute Gasteiger partial charge is 0.406 e. The fourth-order valence-electron chi connectivity index (χ4n) is 4.25. The zero-order valence-electron chi connectivity index (χ0n) is 18.3. The van der Waals surface area contributed by atoms with E-state index in [2.05, 4.69) is 44.3 Å². The molecule has 0 atom stereocenters. The van der Waals surface area contributed by atoms with Crippen molar-refractivity contribution < 1.29 is 9.36 Å². The molecule has 8 heteroatoms. The summed E-state index contributed by atoms with van der Waals surface area (Å²) in [6, 6.07) is 20.5. The SMILES string of the molecule is Cc1nc2cc(ON3CCN(Cc4noc(-c5cccc6ccccc56)n4)CC3)ccc2s1. The van der Waals surface area contributed by atoms with Crippen LogP contribution in [-0.4, -0.2) is 51.3 Å². The summed E-state index contributed by atoms with van der Waals surface area (Å²) in [5.74, 6) is 2.10. The fourth-order valence-corrected chi connectivity index (χ4v) is 5.05. The number of aromatic nitrogens is 3. The molecule has 1 aliphatic rings. The highest BCUT2D eigenvalue weighted by Crippen LogP contribution is 2.28. The van der Waals surface area contributed by atoms with Crippen molar-refractivity contribution in [3.05, 3.63) is 71.5 Å². The third-order valence-electron chi connectivity index (χ3n) is 5.88. The van der Waals surface area contributed by atoms with Crippen molar-refractivity contribution in [1.29, 1.82) is 0 Å². The number of nitrogens with zero attached hydrogens (tertiary/aromatic N) is 5. The van der Waals surface area contributed by atoms with Crippen molar-refractivity contribution in [3.8, 4) is 17.2 Å². The van der Waals surface area contributed by atoms with Gasteiger partial charge in [0.25, 0.3) is 5.89 Å². The lowest BCUT2D eigenvalue weighted by atomic mass is 10.0. The maximum atomic E-state index is 6.10. The van der Waals surface area contributed by atoms with Gasteiger partial charge in [0.2, 0.25) is 0 Å². The monoisotopic (exact) mass is 457 g/mol. The first-order valence-electron chi connectivity index (χ1n) is 11.0. The minimum absolute atomic E-state index is 0.566. The van der Waals surface area contributed by atoms with E-state index >= 15 is 0 Å². The van der Waals surface area contributed by atoms with Gasteiger partial charge in [-0.25, -0.2) is 4.98 Å². The van der Waals surface area contributed by atoms with Crippen LogP contribution < -0.4 is 4.84 Å². The van der Waals surface area contributed by atoms with Gasteiger partial charge >= 0.3 is 0 Å². The lowest BCUT2D eigenvalue weighted by Crippen LogP contribution is -2.47. The molecule has 1 saturated heterocycles. The number of benzene rings is 3. The molecule has 5 aromatic rings. The number of thiazole rings is 1. The molecule has 1 aliphatic heterocycles. The van der Waals surface area contributed by atoms with Crippen LogP contribution in [0.15, 0.2) is 65.2 Å². The molecule has 166 valence electrons. The van der Waals surface area contributed by atoms with Gasteiger partial charge in [0.15, 0.2) is 5.82 Å². The van der Waals surface area contributed by atoms with E-state index in [1.54, 1.807) is 11.3 Å². The average molecular weight is 458 g/mol. The zero-order chi connectivity index (χ0) is 22.2. The Balaban J connectivity index is 1.08. The molecule has 0 radical (unpaired) electrons. The number of hydrogen-bond acceptors (Lipinski definition) is 8. The van der Waals surface area contributed by atoms with Crippen LogP contribution in [0, 0.1) is 6.92 Å². The molecular formula is C25H23N5O2S. The molecule has 2 aromatic heterocycles. The molecule has 0 spiro atoms. The second kappa shape index (κ2) is 8.55. The summed E-state index contributed by atoms with van der Waals surface area (Å²) < 4.78 is 6.80. The van der Waals surface area contributed by atoms with Crippen molar-refractivity contribution in [2.45, 2.75) is 13.5 Å². The van der Waals surface area contributed by atoms with Gasteiger partial charge in [-0.05, 0) is 35.9 Å². The first kappa shape index (κ1) is 20.3. The molecular weight excluding hydrogens is 434 g/mol. The molecule has 0 amide bonds. The quantitative estimate of drug-likeness (QED) is 0.371. The van der Waals surface area contributed by atoms with Crippen molar-refractivity contribution in [2.75, 3.05) is 26.2 Å². The highest BCUT2D eigenvalue weighted by Gasteiger charge is 2.21. The highest BCUT2D eigenvalue weighted by molar-refractivity contribution is 7.18. The lowest BCUT2D eigenvalue weighted by molar-refractivity contribution is -0.0898. The molecule has 0 unspecified atom stereocenters. The second-order valence-electron chi connectivity index (χ2n) is 8.20. The van der Waals surface area contributed by atoms with Gasteiger partial charge in [0, 0.05) is 37.8 Å². The Bertz CT molecular complexity index is 1420. The molecule has 1 fully saturated rings. The summed E-state index contributed by atoms with van der Waals surface area (Å²) in [7, 11) is 0. The topological polar surface area (TPSA) is 67.5 Å². The molecule has 0 saturated carbocycles. The summed E-state index contributed by atoms with van der Waals surface area (Å²) in [6.07, 6.45) is 0. The van der Waals surface area contributed by atoms with Gasteiger partial charge in [0.1, 0.15) is 5.75 Å². The molecule has 3 aromatic carbocycles. The molecule has 0 bridgehead atoms. The van der Waals surface area contributed by atoms with Gasteiger partial charge in [-0.3, -0.25) is 4.90 Å². The molecule has 6 rings (SSSR count). The van der Waals surface area contributed by atoms with Crippen LogP contribution >= 0.6 is 11.3 Å². The summed E-state index contributed by atoms with van der Waals surface area (Å²) in [6.45, 7) is 6.04. The smallest absolute Gasteiger partial charge is 0.258 e. The van der Waals surface area contributed by atoms with Crippen LogP contribution in [0.25, 0.3) is 32.4 Å². The predicted octanol–water partition coefficient (Wildman–Crippen LogP) is 4.92. The molecule has 0 aliphatic carbocycles. The molecule has 33 heavy (non-hydrogen) atoms. The van der Waals surface area contributed by atoms with Crippen molar-refractivity contribution in [2.24, 2.45) is 0 Å². The van der Waals surface area contributed by atoms with E-state index in [0.29, 0.717) is 18.3 Å². The maximum absolute atomic E-state index is 6.10. The van der Waals surface area contributed by atoms with Crippen LogP contribution in [0.5, 0.6) is 5.75 Å². The normalized spacial score (nSPS) is 15.4. The number of rotatable bonds is 5. The summed E-state index contributed by atoms with van der Waals surface area (Å²) in [4.78, 5) is 17.6. The van der Waals surface area contributed by atoms with Crippen LogP contribution in [0.2, 0.25) is 0 Å². The number of aryl methyl sites for hydroxylation is 1. The van der Waals surface area contributed by atoms with Crippen molar-refractivity contribution in [1.82, 2.24) is 25.1 Å². The van der Waals surface area contributed by atoms with E-state index in [0.717, 1.165) is 58.8 Å². The minimum Gasteiger partial charge on any atom is -0.406 e. The number of hydroxylamine groups is 2. The van der Waals surface area contributed by atoms with Gasteiger partial charge < -0.3 is 9.36 Å². The Morgan fingerprint density at radius 1 is 0.970 bits per heavy atom. The Labute approximate surface area is 195 Å². The summed E-state index contributed by atoms with van der Waals surface area (Å²) >= 11 is 1.70. The van der Waals surface area contributed by atoms with Crippen LogP contribution in [0.1, 0.15) is 10.8 Å². The third kappa shape index (κ3) is 4.20. The van der Waals surface area contributed by atoms with E-state index < -0.39 is 0 Å². The number of piperazine rings is 1. The van der Waals surface area contributed by atoms with Crippen molar-refractivity contribution in [3.63, 3.8) is 0 Å². The van der Waals surface area contributed by atoms with E-state index in [1.165, 1.54) is 4.70 Å². The first-order valence-corrected chi connectivity index (χ1v) is 11.9. The second-order valence-corrected chi connectivity index (χ2v) is 9.44. The van der Waals surface area contributed by atoms with E-state index in [-0.39, 0.29) is 0 Å². The van der Waals surface area contributed by atoms with Crippen molar-refractivity contribution >= 4 is 32.3 Å². The van der Waals surface area contributed by atoms with Gasteiger partial charge in [-0.15, -0.1) is 16.4 Å². The zero-order valence-corrected chi connectivity index (χ0v) is 19.1. The van der Waals surface area contributed by atoms with Crippen LogP contribution in [0.4, 0.5) is 0 Å². The minimum atomic E-state index is 0.566. The Morgan fingerprint density at radius 3 is 2.73 bits per heavy atom. The third-order valence-corrected chi connectivity index (χ3v) is 6.84. The van der Waals surface area contributed by atoms with Crippen LogP contribution in [0.3, 0.4) is 0 Å². The molecule has 3 heterocycles. The number of fused-ring (bicyclic) bond motifs is 2. The van der Waals surface area contributed by atoms with Gasteiger partial charge in [0.05, 0.1) is 21.8 Å². The van der Waals surface area contributed by atoms with E-state index in [4.69, 9.17) is 9.36 Å². The van der Waals surface area contributed by atoms with Gasteiger partial charge in [-0.2, -0.15) is 4.98 Å². The Hall–Kier alpha value is -3.33. The Morgan fingerprint density at radius 2 is 1.82 bits per heavy atom.